The van der Waals surface area contributed by atoms with Crippen molar-refractivity contribution in [2.75, 3.05) is 13.7 Å². The molecule has 5 atom stereocenters. The highest BCUT2D eigenvalue weighted by atomic mass is 16.7. The number of aliphatic hydroxyl groups excluding tert-OH is 2. The third-order valence-corrected chi connectivity index (χ3v) is 5.69. The second-order valence-corrected chi connectivity index (χ2v) is 7.76. The molecule has 0 radical (unpaired) electrons. The van der Waals surface area contributed by atoms with Crippen molar-refractivity contribution in [3.63, 3.8) is 0 Å². The molecule has 14 heteroatoms. The minimum atomic E-state index is -1.81. The van der Waals surface area contributed by atoms with Gasteiger partial charge in [-0.25, -0.2) is 9.59 Å². The van der Waals surface area contributed by atoms with Crippen LogP contribution in [0, 0.1) is 0 Å². The quantitative estimate of drug-likeness (QED) is 0.182. The molecule has 0 spiro atoms. The lowest BCUT2D eigenvalue weighted by molar-refractivity contribution is -0.293. The Morgan fingerprint density at radius 3 is 1.83 bits per heavy atom. The van der Waals surface area contributed by atoms with E-state index < -0.39 is 106 Å². The molecule has 2 aromatic carbocycles. The van der Waals surface area contributed by atoms with Crippen molar-refractivity contribution in [1.82, 2.24) is 0 Å². The molecule has 0 aliphatic carbocycles. The fourth-order valence-electron chi connectivity index (χ4n) is 3.92. The van der Waals surface area contributed by atoms with E-state index in [2.05, 4.69) is 0 Å². The summed E-state index contributed by atoms with van der Waals surface area (Å²) in [6.45, 7) is -0.693. The van der Waals surface area contributed by atoms with E-state index in [1.165, 1.54) is 0 Å². The molecule has 2 aromatic rings. The zero-order valence-electron chi connectivity index (χ0n) is 17.8. The van der Waals surface area contributed by atoms with Crippen LogP contribution < -0.4 is 0 Å². The Hall–Kier alpha value is -3.98. The predicted octanol–water partition coefficient (Wildman–Crippen LogP) is -0.624. The number of hydrogen-bond donors (Lipinski definition) is 8. The summed E-state index contributed by atoms with van der Waals surface area (Å²) in [6.07, 6.45) is -7.97. The molecule has 0 amide bonds. The topological polar surface area (TPSA) is 233 Å². The van der Waals surface area contributed by atoms with Crippen molar-refractivity contribution in [3.05, 3.63) is 23.3 Å². The normalized spacial score (nSPS) is 26.4. The van der Waals surface area contributed by atoms with Gasteiger partial charge in [0.2, 0.25) is 11.5 Å². The summed E-state index contributed by atoms with van der Waals surface area (Å²) >= 11 is 0. The average Bonchev–Trinajstić information content (AvgIpc) is 2.84. The fraction of sp³-hybridized carbons (Fsp3) is 0.333. The molecule has 0 aromatic heterocycles. The van der Waals surface area contributed by atoms with Crippen LogP contribution in [0.5, 0.6) is 34.5 Å². The minimum absolute atomic E-state index is 0.628. The number of benzene rings is 2. The number of esters is 2. The molecule has 8 N–H and O–H groups in total. The van der Waals surface area contributed by atoms with E-state index in [-0.39, 0.29) is 0 Å². The van der Waals surface area contributed by atoms with Crippen LogP contribution in [0.4, 0.5) is 0 Å². The SMILES string of the molecule is CO[C@H]1O[C@@H]2COC(=O)c3cc(O)c(O)c(O)c3-c3c(cc(O)c(O)c3O)C(=O)O[C@H]2[C@H](O)[C@H]1O. The Morgan fingerprint density at radius 1 is 0.800 bits per heavy atom. The smallest absolute Gasteiger partial charge is 0.339 e. The lowest BCUT2D eigenvalue weighted by Crippen LogP contribution is -2.60. The van der Waals surface area contributed by atoms with E-state index in [0.29, 0.717) is 12.1 Å². The number of phenols is 6. The zero-order chi connectivity index (χ0) is 25.8. The van der Waals surface area contributed by atoms with Crippen molar-refractivity contribution in [2.24, 2.45) is 0 Å². The summed E-state index contributed by atoms with van der Waals surface area (Å²) < 4.78 is 20.8. The molecule has 188 valence electrons. The molecular formula is C21H20O14. The van der Waals surface area contributed by atoms with E-state index in [1.54, 1.807) is 0 Å². The van der Waals surface area contributed by atoms with Crippen LogP contribution in [-0.2, 0) is 18.9 Å². The van der Waals surface area contributed by atoms with E-state index in [0.717, 1.165) is 7.11 Å². The largest absolute Gasteiger partial charge is 0.504 e. The Morgan fingerprint density at radius 2 is 1.31 bits per heavy atom. The van der Waals surface area contributed by atoms with Gasteiger partial charge in [0.05, 0.1) is 11.1 Å². The number of carbonyl (C=O) groups excluding carboxylic acids is 2. The maximum Gasteiger partial charge on any atom is 0.339 e. The van der Waals surface area contributed by atoms with E-state index in [1.807, 2.05) is 0 Å². The number of aliphatic hydroxyl groups is 2. The molecule has 2 aliphatic heterocycles. The molecule has 2 heterocycles. The van der Waals surface area contributed by atoms with Gasteiger partial charge in [-0.1, -0.05) is 0 Å². The van der Waals surface area contributed by atoms with Crippen LogP contribution >= 0.6 is 0 Å². The number of phenolic OH excluding ortho intramolecular Hbond substituents is 6. The van der Waals surface area contributed by atoms with Gasteiger partial charge in [0, 0.05) is 18.2 Å². The van der Waals surface area contributed by atoms with Gasteiger partial charge < -0.3 is 59.8 Å². The van der Waals surface area contributed by atoms with Crippen LogP contribution in [0.1, 0.15) is 20.7 Å². The van der Waals surface area contributed by atoms with Crippen molar-refractivity contribution >= 4 is 11.9 Å². The maximum atomic E-state index is 13.1. The molecule has 1 fully saturated rings. The lowest BCUT2D eigenvalue weighted by Gasteiger charge is -2.41. The van der Waals surface area contributed by atoms with Gasteiger partial charge in [-0.2, -0.15) is 0 Å². The molecule has 1 saturated heterocycles. The predicted molar refractivity (Wildman–Crippen MR) is 109 cm³/mol. The number of cyclic esters (lactones) is 1. The maximum absolute atomic E-state index is 13.1. The van der Waals surface area contributed by atoms with E-state index in [4.69, 9.17) is 18.9 Å². The van der Waals surface area contributed by atoms with E-state index >= 15 is 0 Å². The fourth-order valence-corrected chi connectivity index (χ4v) is 3.92. The highest BCUT2D eigenvalue weighted by molar-refractivity contribution is 6.08. The van der Waals surface area contributed by atoms with Gasteiger partial charge in [-0.05, 0) is 12.1 Å². The van der Waals surface area contributed by atoms with Gasteiger partial charge in [0.1, 0.15) is 24.9 Å². The third-order valence-electron chi connectivity index (χ3n) is 5.69. The third kappa shape index (κ3) is 3.77. The van der Waals surface area contributed by atoms with Crippen molar-refractivity contribution in [1.29, 1.82) is 0 Å². The number of hydrogen-bond acceptors (Lipinski definition) is 14. The minimum Gasteiger partial charge on any atom is -0.504 e. The zero-order valence-corrected chi connectivity index (χ0v) is 17.8. The first-order chi connectivity index (χ1) is 16.5. The number of fused-ring (bicyclic) bond motifs is 4. The number of rotatable bonds is 1. The highest BCUT2D eigenvalue weighted by Gasteiger charge is 2.48. The first-order valence-corrected chi connectivity index (χ1v) is 9.96. The summed E-state index contributed by atoms with van der Waals surface area (Å²) in [7, 11) is 1.16. The van der Waals surface area contributed by atoms with Crippen LogP contribution in [0.3, 0.4) is 0 Å². The van der Waals surface area contributed by atoms with Gasteiger partial charge in [0.15, 0.2) is 35.4 Å². The number of carbonyl (C=O) groups is 2. The Kier molecular flexibility index (Phi) is 5.98. The molecule has 0 bridgehead atoms. The Balaban J connectivity index is 1.99. The Labute approximate surface area is 195 Å². The van der Waals surface area contributed by atoms with E-state index in [9.17, 15) is 50.4 Å². The summed E-state index contributed by atoms with van der Waals surface area (Å²) in [6, 6.07) is 1.29. The average molecular weight is 496 g/mol. The molecule has 0 saturated carbocycles. The number of methoxy groups -OCH3 is 1. The van der Waals surface area contributed by atoms with Crippen LogP contribution in [0.2, 0.25) is 0 Å². The second kappa shape index (κ2) is 8.66. The number of ether oxygens (including phenoxy) is 4. The van der Waals surface area contributed by atoms with Crippen LogP contribution in [0.15, 0.2) is 12.1 Å². The molecule has 14 nitrogen and oxygen atoms in total. The van der Waals surface area contributed by atoms with Gasteiger partial charge in [0.25, 0.3) is 0 Å². The summed E-state index contributed by atoms with van der Waals surface area (Å²) in [5.74, 6) is -9.31. The van der Waals surface area contributed by atoms with Crippen LogP contribution in [-0.4, -0.2) is 97.2 Å². The monoisotopic (exact) mass is 496 g/mol. The van der Waals surface area contributed by atoms with Crippen LogP contribution in [0.25, 0.3) is 11.1 Å². The summed E-state index contributed by atoms with van der Waals surface area (Å²) in [4.78, 5) is 26.1. The molecule has 0 unspecified atom stereocenters. The first kappa shape index (κ1) is 24.2. The van der Waals surface area contributed by atoms with Gasteiger partial charge in [-0.15, -0.1) is 0 Å². The molecule has 2 aliphatic rings. The summed E-state index contributed by atoms with van der Waals surface area (Å²) in [5.41, 5.74) is -2.97. The second-order valence-electron chi connectivity index (χ2n) is 7.76. The van der Waals surface area contributed by atoms with Crippen molar-refractivity contribution in [3.8, 4) is 45.6 Å². The molecule has 35 heavy (non-hydrogen) atoms. The first-order valence-electron chi connectivity index (χ1n) is 9.96. The highest BCUT2D eigenvalue weighted by Crippen LogP contribution is 2.52. The van der Waals surface area contributed by atoms with Gasteiger partial charge >= 0.3 is 11.9 Å². The number of aromatic hydroxyl groups is 6. The Bertz CT molecular complexity index is 1210. The summed E-state index contributed by atoms with van der Waals surface area (Å²) in [5, 5.41) is 81.8. The lowest BCUT2D eigenvalue weighted by atomic mass is 9.92. The van der Waals surface area contributed by atoms with Crippen molar-refractivity contribution in [2.45, 2.75) is 30.7 Å². The molecule has 4 rings (SSSR count). The standard InChI is InChI=1S/C21H20O14/c1-32-21-17(29)16(28)18-9(34-21)4-33-19(30)5-2-7(22)12(24)14(26)10(5)11-6(20(31)35-18)3-8(23)13(25)15(11)27/h2-3,9,16-18,21-29H,4H2,1H3/t9-,16-,17-,18-,21+/m1/s1. The molecular weight excluding hydrogens is 476 g/mol. The van der Waals surface area contributed by atoms with Crippen molar-refractivity contribution < 1.29 is 69.4 Å². The van der Waals surface area contributed by atoms with Gasteiger partial charge in [-0.3, -0.25) is 0 Å².